The second-order valence-electron chi connectivity index (χ2n) is 3.73. The number of carbonyl (C=O) groups excluding carboxylic acids is 2. The smallest absolute Gasteiger partial charge is 0.320 e. The molecule has 0 aliphatic heterocycles. The number of rotatable bonds is 11. The van der Waals surface area contributed by atoms with E-state index in [1.54, 1.807) is 0 Å². The maximum absolute atomic E-state index is 12.9. The summed E-state index contributed by atoms with van der Waals surface area (Å²) >= 11 is 11.3. The zero-order chi connectivity index (χ0) is 16.3. The van der Waals surface area contributed by atoms with Gasteiger partial charge in [-0.3, -0.25) is 14.2 Å². The van der Waals surface area contributed by atoms with Crippen LogP contribution in [0.15, 0.2) is 0 Å². The highest BCUT2D eigenvalue weighted by Crippen LogP contribution is 2.40. The van der Waals surface area contributed by atoms with E-state index >= 15 is 0 Å². The van der Waals surface area contributed by atoms with Crippen LogP contribution in [0.3, 0.4) is 0 Å². The van der Waals surface area contributed by atoms with E-state index < -0.39 is 19.5 Å². The minimum absolute atomic E-state index is 0.209. The third kappa shape index (κ3) is 7.99. The van der Waals surface area contributed by atoms with Gasteiger partial charge < -0.3 is 9.47 Å². The molecule has 0 bridgehead atoms. The number of halogens is 2. The van der Waals surface area contributed by atoms with E-state index in [1.165, 1.54) is 18.9 Å². The maximum atomic E-state index is 12.9. The summed E-state index contributed by atoms with van der Waals surface area (Å²) in [4.78, 5) is 22.4. The minimum Gasteiger partial charge on any atom is -0.468 e. The van der Waals surface area contributed by atoms with Crippen molar-refractivity contribution >= 4 is 42.7 Å². The molecule has 21 heavy (non-hydrogen) atoms. The van der Waals surface area contributed by atoms with Crippen LogP contribution in [-0.2, 0) is 23.6 Å². The monoisotopic (exact) mass is 363 g/mol. The maximum Gasteiger partial charge on any atom is 0.320 e. The molecule has 0 unspecified atom stereocenters. The Kier molecular flexibility index (Phi) is 11.0. The van der Waals surface area contributed by atoms with Crippen LogP contribution >= 0.6 is 30.8 Å². The average Bonchev–Trinajstić information content (AvgIpc) is 2.49. The van der Waals surface area contributed by atoms with Crippen LogP contribution in [0.2, 0.25) is 0 Å². The van der Waals surface area contributed by atoms with Crippen LogP contribution in [-0.4, -0.2) is 68.8 Å². The summed E-state index contributed by atoms with van der Waals surface area (Å²) in [6.07, 6.45) is 0. The summed E-state index contributed by atoms with van der Waals surface area (Å²) in [5, 5.41) is 5.13. The Morgan fingerprint density at radius 2 is 1.38 bits per heavy atom. The van der Waals surface area contributed by atoms with Gasteiger partial charge in [0.05, 0.1) is 14.2 Å². The molecule has 0 radical (unpaired) electrons. The van der Waals surface area contributed by atoms with Crippen LogP contribution in [0.25, 0.3) is 0 Å². The van der Waals surface area contributed by atoms with Gasteiger partial charge in [0, 0.05) is 24.8 Å². The number of carbonyl (C=O) groups is 2. The zero-order valence-electron chi connectivity index (χ0n) is 11.9. The van der Waals surface area contributed by atoms with E-state index in [0.717, 1.165) is 0 Å². The van der Waals surface area contributed by atoms with Crippen molar-refractivity contribution in [2.45, 2.75) is 0 Å². The summed E-state index contributed by atoms with van der Waals surface area (Å²) in [5.41, 5.74) is 0. The van der Waals surface area contributed by atoms with Gasteiger partial charge in [0.1, 0.15) is 13.1 Å². The van der Waals surface area contributed by atoms with Gasteiger partial charge in [-0.2, -0.15) is 0 Å². The lowest BCUT2D eigenvalue weighted by Gasteiger charge is -2.31. The number of hydrogen-bond donors (Lipinski definition) is 2. The molecular formula is C10H20Cl2N3O5P. The van der Waals surface area contributed by atoms with Crippen molar-refractivity contribution in [2.75, 3.05) is 52.2 Å². The van der Waals surface area contributed by atoms with Gasteiger partial charge in [-0.1, -0.05) is 0 Å². The molecule has 0 heterocycles. The molecule has 0 fully saturated rings. The summed E-state index contributed by atoms with van der Waals surface area (Å²) in [6, 6.07) is 0. The Labute approximate surface area is 133 Å². The standard InChI is InChI=1S/C10H20Cl2N3O5P/c1-19-9(16)7-13-21(18,14-8-10(17)20-2)15(5-3-11)6-4-12/h3-8H2,1-2H3,(H2,13,14,18). The van der Waals surface area contributed by atoms with Crippen LogP contribution in [0.5, 0.6) is 0 Å². The van der Waals surface area contributed by atoms with Gasteiger partial charge in [-0.15, -0.1) is 23.2 Å². The summed E-state index contributed by atoms with van der Waals surface area (Å²) < 4.78 is 23.3. The van der Waals surface area contributed by atoms with Crippen molar-refractivity contribution in [2.24, 2.45) is 0 Å². The van der Waals surface area contributed by atoms with Crippen LogP contribution in [0, 0.1) is 0 Å². The average molecular weight is 364 g/mol. The molecule has 2 N–H and O–H groups in total. The van der Waals surface area contributed by atoms with E-state index in [2.05, 4.69) is 19.6 Å². The first kappa shape index (κ1) is 20.6. The third-order valence-electron chi connectivity index (χ3n) is 2.41. The first-order valence-electron chi connectivity index (χ1n) is 6.04. The Balaban J connectivity index is 4.96. The van der Waals surface area contributed by atoms with Gasteiger partial charge in [-0.25, -0.2) is 14.8 Å². The number of nitrogens with one attached hydrogen (secondary N) is 2. The molecule has 0 saturated carbocycles. The van der Waals surface area contributed by atoms with Crippen molar-refractivity contribution in [3.8, 4) is 0 Å². The quantitative estimate of drug-likeness (QED) is 0.309. The van der Waals surface area contributed by atoms with Crippen molar-refractivity contribution in [3.05, 3.63) is 0 Å². The lowest BCUT2D eigenvalue weighted by Crippen LogP contribution is -2.41. The van der Waals surface area contributed by atoms with Crippen molar-refractivity contribution in [3.63, 3.8) is 0 Å². The number of methoxy groups -OCH3 is 2. The number of ether oxygens (including phenoxy) is 2. The highest BCUT2D eigenvalue weighted by atomic mass is 35.5. The Hall–Kier alpha value is -0.370. The predicted octanol–water partition coefficient (Wildman–Crippen LogP) is 0.399. The zero-order valence-corrected chi connectivity index (χ0v) is 14.3. The summed E-state index contributed by atoms with van der Waals surface area (Å²) in [5.74, 6) is -0.764. The van der Waals surface area contributed by atoms with Crippen LogP contribution in [0.1, 0.15) is 0 Å². The molecule has 0 saturated heterocycles. The first-order valence-corrected chi connectivity index (χ1v) is 8.77. The molecule has 124 valence electrons. The normalized spacial score (nSPS) is 11.5. The molecule has 0 aliphatic carbocycles. The Morgan fingerprint density at radius 1 is 1.00 bits per heavy atom. The van der Waals surface area contributed by atoms with E-state index in [-0.39, 0.29) is 37.9 Å². The summed E-state index contributed by atoms with van der Waals surface area (Å²) in [6.45, 7) is -0.0617. The highest BCUT2D eigenvalue weighted by molar-refractivity contribution is 7.57. The molecule has 0 atom stereocenters. The number of nitrogens with zero attached hydrogens (tertiary/aromatic N) is 1. The van der Waals surface area contributed by atoms with Gasteiger partial charge in [0.25, 0.3) is 7.59 Å². The molecule has 0 aliphatic rings. The van der Waals surface area contributed by atoms with Crippen molar-refractivity contribution < 1.29 is 23.6 Å². The first-order chi connectivity index (χ1) is 9.93. The fraction of sp³-hybridized carbons (Fsp3) is 0.800. The van der Waals surface area contributed by atoms with E-state index in [0.29, 0.717) is 0 Å². The van der Waals surface area contributed by atoms with Crippen molar-refractivity contribution in [1.29, 1.82) is 0 Å². The molecule has 0 amide bonds. The van der Waals surface area contributed by atoms with Gasteiger partial charge in [0.15, 0.2) is 0 Å². The van der Waals surface area contributed by atoms with Gasteiger partial charge in [0.2, 0.25) is 0 Å². The van der Waals surface area contributed by atoms with Gasteiger partial charge in [-0.05, 0) is 0 Å². The lowest BCUT2D eigenvalue weighted by molar-refractivity contribution is -0.139. The van der Waals surface area contributed by atoms with Crippen LogP contribution in [0.4, 0.5) is 0 Å². The number of alkyl halides is 2. The van der Waals surface area contributed by atoms with Crippen molar-refractivity contribution in [1.82, 2.24) is 14.8 Å². The molecular weight excluding hydrogens is 344 g/mol. The molecule has 0 aromatic heterocycles. The minimum atomic E-state index is -3.43. The second-order valence-corrected chi connectivity index (χ2v) is 6.84. The van der Waals surface area contributed by atoms with Gasteiger partial charge >= 0.3 is 11.9 Å². The van der Waals surface area contributed by atoms with E-state index in [9.17, 15) is 14.2 Å². The van der Waals surface area contributed by atoms with Crippen LogP contribution < -0.4 is 10.2 Å². The Morgan fingerprint density at radius 3 is 1.67 bits per heavy atom. The molecule has 0 aromatic rings. The predicted molar refractivity (Wildman–Crippen MR) is 80.7 cm³/mol. The summed E-state index contributed by atoms with van der Waals surface area (Å²) in [7, 11) is -1.01. The highest BCUT2D eigenvalue weighted by Gasteiger charge is 2.31. The molecule has 8 nitrogen and oxygen atoms in total. The molecule has 0 rings (SSSR count). The molecule has 0 aromatic carbocycles. The molecule has 11 heteroatoms. The number of hydrogen-bond acceptors (Lipinski definition) is 5. The molecule has 0 spiro atoms. The topological polar surface area (TPSA) is 97.0 Å². The second kappa shape index (κ2) is 11.2. The SMILES string of the molecule is COC(=O)CNP(=O)(NCC(=O)OC)N(CCCl)CCCl. The fourth-order valence-electron chi connectivity index (χ4n) is 1.33. The third-order valence-corrected chi connectivity index (χ3v) is 5.12. The fourth-order valence-corrected chi connectivity index (χ4v) is 3.94. The largest absolute Gasteiger partial charge is 0.468 e. The van der Waals surface area contributed by atoms with E-state index in [1.807, 2.05) is 0 Å². The number of esters is 2. The Bertz CT molecular complexity index is 356. The lowest BCUT2D eigenvalue weighted by atomic mass is 10.6. The van der Waals surface area contributed by atoms with E-state index in [4.69, 9.17) is 23.2 Å².